The van der Waals surface area contributed by atoms with E-state index in [1.807, 2.05) is 0 Å². The highest BCUT2D eigenvalue weighted by Gasteiger charge is 2.31. The first-order valence-corrected chi connectivity index (χ1v) is 7.05. The van der Waals surface area contributed by atoms with Crippen LogP contribution in [0.15, 0.2) is 24.3 Å². The van der Waals surface area contributed by atoms with Crippen LogP contribution < -0.4 is 4.74 Å². The lowest BCUT2D eigenvalue weighted by molar-refractivity contribution is -0.274. The van der Waals surface area contributed by atoms with Gasteiger partial charge in [-0.05, 0) is 29.9 Å². The van der Waals surface area contributed by atoms with Crippen LogP contribution in [0.5, 0.6) is 5.75 Å². The summed E-state index contributed by atoms with van der Waals surface area (Å²) < 4.78 is 39.7. The summed E-state index contributed by atoms with van der Waals surface area (Å²) in [5.74, 6) is 1.86. The quantitative estimate of drug-likeness (QED) is 0.849. The summed E-state index contributed by atoms with van der Waals surface area (Å²) in [6.07, 6.45) is -3.51. The maximum Gasteiger partial charge on any atom is 0.573 e. The van der Waals surface area contributed by atoms with E-state index in [4.69, 9.17) is 0 Å². The second-order valence-electron chi connectivity index (χ2n) is 4.40. The van der Waals surface area contributed by atoms with Crippen LogP contribution in [0.2, 0.25) is 0 Å². The summed E-state index contributed by atoms with van der Waals surface area (Å²) >= 11 is 1.76. The molecule has 1 aliphatic rings. The van der Waals surface area contributed by atoms with Gasteiger partial charge in [0.15, 0.2) is 0 Å². The van der Waals surface area contributed by atoms with Crippen molar-refractivity contribution in [3.63, 3.8) is 0 Å². The molecule has 19 heavy (non-hydrogen) atoms. The highest BCUT2D eigenvalue weighted by molar-refractivity contribution is 7.99. The average Bonchev–Trinajstić information content (AvgIpc) is 2.83. The predicted octanol–water partition coefficient (Wildman–Crippen LogP) is 3.45. The van der Waals surface area contributed by atoms with E-state index in [1.165, 1.54) is 24.3 Å². The van der Waals surface area contributed by atoms with Crippen molar-refractivity contribution in [2.24, 2.45) is 5.92 Å². The van der Waals surface area contributed by atoms with Gasteiger partial charge in [-0.2, -0.15) is 11.8 Å². The second-order valence-corrected chi connectivity index (χ2v) is 5.55. The fraction of sp³-hybridized carbons (Fsp3) is 0.462. The Morgan fingerprint density at radius 2 is 2.00 bits per heavy atom. The Bertz CT molecular complexity index is 436. The number of ketones is 1. The maximum absolute atomic E-state index is 12.0. The Morgan fingerprint density at radius 3 is 2.53 bits per heavy atom. The summed E-state index contributed by atoms with van der Waals surface area (Å²) in [7, 11) is 0. The lowest BCUT2D eigenvalue weighted by atomic mass is 9.97. The maximum atomic E-state index is 12.0. The van der Waals surface area contributed by atoms with E-state index < -0.39 is 6.36 Å². The molecule has 0 saturated carbocycles. The Morgan fingerprint density at radius 1 is 1.32 bits per heavy atom. The Kier molecular flexibility index (Phi) is 4.39. The Balaban J connectivity index is 1.93. The minimum atomic E-state index is -4.68. The third-order valence-corrected chi connectivity index (χ3v) is 4.08. The fourth-order valence-electron chi connectivity index (χ4n) is 1.94. The molecular weight excluding hydrogens is 277 g/mol. The molecule has 1 unspecified atom stereocenters. The molecule has 2 rings (SSSR count). The molecule has 1 saturated heterocycles. The van der Waals surface area contributed by atoms with Gasteiger partial charge in [0.1, 0.15) is 11.5 Å². The smallest absolute Gasteiger partial charge is 0.406 e. The monoisotopic (exact) mass is 290 g/mol. The first-order valence-electron chi connectivity index (χ1n) is 5.89. The van der Waals surface area contributed by atoms with Gasteiger partial charge in [0.2, 0.25) is 0 Å². The number of halogens is 3. The fourth-order valence-corrected chi connectivity index (χ4v) is 3.20. The summed E-state index contributed by atoms with van der Waals surface area (Å²) in [5, 5.41) is 0. The third-order valence-electron chi connectivity index (χ3n) is 2.92. The molecule has 1 heterocycles. The van der Waals surface area contributed by atoms with Crippen LogP contribution in [0.1, 0.15) is 12.0 Å². The minimum absolute atomic E-state index is 0.0936. The number of alkyl halides is 3. The van der Waals surface area contributed by atoms with Gasteiger partial charge >= 0.3 is 6.36 Å². The molecule has 104 valence electrons. The van der Waals surface area contributed by atoms with Crippen molar-refractivity contribution >= 4 is 17.5 Å². The molecule has 1 aromatic rings. The zero-order chi connectivity index (χ0) is 13.9. The number of ether oxygens (including phenoxy) is 1. The number of Topliss-reactive ketones (excluding diaryl/α,β-unsaturated/α-hetero) is 1. The number of thioether (sulfide) groups is 1. The van der Waals surface area contributed by atoms with E-state index in [0.29, 0.717) is 0 Å². The molecule has 0 N–H and O–H groups in total. The molecule has 0 radical (unpaired) electrons. The number of carbonyl (C=O) groups excluding carboxylic acids is 1. The van der Waals surface area contributed by atoms with Gasteiger partial charge in [-0.1, -0.05) is 12.1 Å². The van der Waals surface area contributed by atoms with E-state index in [0.717, 1.165) is 23.5 Å². The lowest BCUT2D eigenvalue weighted by Crippen LogP contribution is -2.17. The van der Waals surface area contributed by atoms with Crippen LogP contribution in [0.4, 0.5) is 13.2 Å². The first kappa shape index (κ1) is 14.2. The number of rotatable bonds is 4. The summed E-state index contributed by atoms with van der Waals surface area (Å²) in [6.45, 7) is 0. The van der Waals surface area contributed by atoms with Gasteiger partial charge in [0.25, 0.3) is 0 Å². The molecule has 2 nitrogen and oxygen atoms in total. The van der Waals surface area contributed by atoms with Crippen LogP contribution in [-0.2, 0) is 11.2 Å². The summed E-state index contributed by atoms with van der Waals surface area (Å²) in [4.78, 5) is 11.9. The van der Waals surface area contributed by atoms with E-state index in [9.17, 15) is 18.0 Å². The van der Waals surface area contributed by atoms with Crippen molar-refractivity contribution < 1.29 is 22.7 Å². The third kappa shape index (κ3) is 4.45. The van der Waals surface area contributed by atoms with E-state index in [-0.39, 0.29) is 23.9 Å². The van der Waals surface area contributed by atoms with Crippen molar-refractivity contribution in [3.05, 3.63) is 29.8 Å². The molecule has 1 aliphatic heterocycles. The zero-order valence-corrected chi connectivity index (χ0v) is 10.9. The average molecular weight is 290 g/mol. The van der Waals surface area contributed by atoms with Crippen molar-refractivity contribution in [3.8, 4) is 5.75 Å². The van der Waals surface area contributed by atoms with Gasteiger partial charge < -0.3 is 4.74 Å². The number of hydrogen-bond donors (Lipinski definition) is 0. The van der Waals surface area contributed by atoms with Crippen molar-refractivity contribution in [1.29, 1.82) is 0 Å². The SMILES string of the molecule is O=C(Cc1ccc(OC(F)(F)F)cc1)C1CCSC1. The largest absolute Gasteiger partial charge is 0.573 e. The molecule has 0 bridgehead atoms. The molecule has 0 aromatic heterocycles. The van der Waals surface area contributed by atoms with Crippen LogP contribution in [0.3, 0.4) is 0 Å². The van der Waals surface area contributed by atoms with Crippen LogP contribution in [0, 0.1) is 5.92 Å². The van der Waals surface area contributed by atoms with Crippen LogP contribution in [0.25, 0.3) is 0 Å². The van der Waals surface area contributed by atoms with Crippen LogP contribution in [-0.4, -0.2) is 23.7 Å². The molecular formula is C13H13F3O2S. The molecule has 0 spiro atoms. The van der Waals surface area contributed by atoms with Gasteiger partial charge in [0.05, 0.1) is 0 Å². The molecule has 1 atom stereocenters. The van der Waals surface area contributed by atoms with E-state index in [1.54, 1.807) is 11.8 Å². The second kappa shape index (κ2) is 5.86. The lowest BCUT2D eigenvalue weighted by Gasteiger charge is -2.10. The first-order chi connectivity index (χ1) is 8.94. The summed E-state index contributed by atoms with van der Waals surface area (Å²) in [5.41, 5.74) is 0.719. The van der Waals surface area contributed by atoms with Gasteiger partial charge in [-0.25, -0.2) is 0 Å². The molecule has 0 aliphatic carbocycles. The van der Waals surface area contributed by atoms with Crippen molar-refractivity contribution in [2.45, 2.75) is 19.2 Å². The standard InChI is InChI=1S/C13H13F3O2S/c14-13(15,16)18-11-3-1-9(2-4-11)7-12(17)10-5-6-19-8-10/h1-4,10H,5-8H2. The molecule has 6 heteroatoms. The van der Waals surface area contributed by atoms with Crippen molar-refractivity contribution in [1.82, 2.24) is 0 Å². The van der Waals surface area contributed by atoms with Crippen LogP contribution >= 0.6 is 11.8 Å². The number of carbonyl (C=O) groups is 1. The molecule has 1 fully saturated rings. The van der Waals surface area contributed by atoms with Gasteiger partial charge in [-0.15, -0.1) is 13.2 Å². The highest BCUT2D eigenvalue weighted by Crippen LogP contribution is 2.26. The minimum Gasteiger partial charge on any atom is -0.406 e. The molecule has 1 aromatic carbocycles. The van der Waals surface area contributed by atoms with Gasteiger partial charge in [-0.3, -0.25) is 4.79 Å². The predicted molar refractivity (Wildman–Crippen MR) is 67.3 cm³/mol. The van der Waals surface area contributed by atoms with E-state index >= 15 is 0 Å². The topological polar surface area (TPSA) is 26.3 Å². The van der Waals surface area contributed by atoms with Crippen molar-refractivity contribution in [2.75, 3.05) is 11.5 Å². The summed E-state index contributed by atoms with van der Waals surface area (Å²) in [6, 6.07) is 5.47. The Labute approximate surface area is 113 Å². The highest BCUT2D eigenvalue weighted by atomic mass is 32.2. The van der Waals surface area contributed by atoms with Gasteiger partial charge in [0, 0.05) is 18.1 Å². The van der Waals surface area contributed by atoms with E-state index in [2.05, 4.69) is 4.74 Å². The number of hydrogen-bond acceptors (Lipinski definition) is 3. The normalized spacial score (nSPS) is 19.4. The Hall–Kier alpha value is -1.17. The number of benzene rings is 1. The zero-order valence-electron chi connectivity index (χ0n) is 10.1. The molecule has 0 amide bonds.